The summed E-state index contributed by atoms with van der Waals surface area (Å²) in [6.07, 6.45) is 6.45. The van der Waals surface area contributed by atoms with E-state index >= 15 is 0 Å². The number of aryl methyl sites for hydroxylation is 1. The molecule has 0 bridgehead atoms. The molecule has 5 nitrogen and oxygen atoms in total. The maximum atomic E-state index is 12.3. The number of hydrogen-bond donors (Lipinski definition) is 1. The standard InChI is InChI=1S/C16H19N3O2S/c20-15-10-19(16(21)2-1-12-3-6-22-11-12)9-13(15)7-14-8-17-4-5-18-14/h3-6,8,11,13,15,20H,1-2,7,9-10H2/t13-,15-/m1/s1. The lowest BCUT2D eigenvalue weighted by atomic mass is 10.0. The molecule has 1 amide bonds. The van der Waals surface area contributed by atoms with E-state index in [1.807, 2.05) is 11.4 Å². The number of rotatable bonds is 5. The van der Waals surface area contributed by atoms with Gasteiger partial charge in [0.1, 0.15) is 0 Å². The molecule has 2 atom stereocenters. The second-order valence-corrected chi connectivity index (χ2v) is 6.44. The molecule has 1 saturated heterocycles. The zero-order valence-corrected chi connectivity index (χ0v) is 13.1. The molecular formula is C16H19N3O2S. The fraction of sp³-hybridized carbons (Fsp3) is 0.438. The van der Waals surface area contributed by atoms with Gasteiger partial charge in [-0.2, -0.15) is 11.3 Å². The summed E-state index contributed by atoms with van der Waals surface area (Å²) in [5.74, 6) is 0.161. The summed E-state index contributed by atoms with van der Waals surface area (Å²) in [6.45, 7) is 1.02. The molecule has 3 heterocycles. The Balaban J connectivity index is 1.52. The number of carbonyl (C=O) groups excluding carboxylic acids is 1. The van der Waals surface area contributed by atoms with Gasteiger partial charge in [-0.15, -0.1) is 0 Å². The van der Waals surface area contributed by atoms with Crippen LogP contribution in [0.1, 0.15) is 17.7 Å². The molecule has 0 radical (unpaired) electrons. The van der Waals surface area contributed by atoms with E-state index in [9.17, 15) is 9.90 Å². The number of thiophene rings is 1. The van der Waals surface area contributed by atoms with E-state index in [2.05, 4.69) is 15.3 Å². The van der Waals surface area contributed by atoms with Crippen molar-refractivity contribution >= 4 is 17.2 Å². The summed E-state index contributed by atoms with van der Waals surface area (Å²) in [5, 5.41) is 14.3. The van der Waals surface area contributed by atoms with Gasteiger partial charge in [-0.05, 0) is 35.2 Å². The maximum Gasteiger partial charge on any atom is 0.223 e. The molecule has 2 aromatic rings. The smallest absolute Gasteiger partial charge is 0.223 e. The summed E-state index contributed by atoms with van der Waals surface area (Å²) in [4.78, 5) is 22.3. The van der Waals surface area contributed by atoms with Crippen molar-refractivity contribution in [2.24, 2.45) is 5.92 Å². The van der Waals surface area contributed by atoms with Crippen molar-refractivity contribution in [3.05, 3.63) is 46.7 Å². The summed E-state index contributed by atoms with van der Waals surface area (Å²) in [5.41, 5.74) is 2.06. The lowest BCUT2D eigenvalue weighted by molar-refractivity contribution is -0.130. The van der Waals surface area contributed by atoms with Crippen LogP contribution in [0, 0.1) is 5.92 Å². The number of carbonyl (C=O) groups is 1. The van der Waals surface area contributed by atoms with E-state index in [0.29, 0.717) is 25.9 Å². The average molecular weight is 317 g/mol. The summed E-state index contributed by atoms with van der Waals surface area (Å²) < 4.78 is 0. The molecule has 0 spiro atoms. The molecular weight excluding hydrogens is 298 g/mol. The predicted octanol–water partition coefficient (Wildman–Crippen LogP) is 1.53. The zero-order chi connectivity index (χ0) is 15.4. The van der Waals surface area contributed by atoms with Gasteiger partial charge in [-0.1, -0.05) is 0 Å². The van der Waals surface area contributed by atoms with Crippen LogP contribution >= 0.6 is 11.3 Å². The second-order valence-electron chi connectivity index (χ2n) is 5.66. The minimum absolute atomic E-state index is 0.0433. The Hall–Kier alpha value is -1.79. The Morgan fingerprint density at radius 3 is 3.05 bits per heavy atom. The molecule has 6 heteroatoms. The van der Waals surface area contributed by atoms with E-state index in [1.54, 1.807) is 34.8 Å². The molecule has 3 rings (SSSR count). The first-order valence-corrected chi connectivity index (χ1v) is 8.38. The Morgan fingerprint density at radius 1 is 1.41 bits per heavy atom. The highest BCUT2D eigenvalue weighted by atomic mass is 32.1. The van der Waals surface area contributed by atoms with Gasteiger partial charge in [0.2, 0.25) is 5.91 Å². The van der Waals surface area contributed by atoms with Gasteiger partial charge in [0.05, 0.1) is 11.8 Å². The van der Waals surface area contributed by atoms with Crippen LogP contribution in [0.25, 0.3) is 0 Å². The average Bonchev–Trinajstić information content (AvgIpc) is 3.16. The van der Waals surface area contributed by atoms with Gasteiger partial charge in [0.25, 0.3) is 0 Å². The molecule has 1 N–H and O–H groups in total. The van der Waals surface area contributed by atoms with E-state index in [1.165, 1.54) is 5.56 Å². The summed E-state index contributed by atoms with van der Waals surface area (Å²) in [6, 6.07) is 2.05. The number of hydrogen-bond acceptors (Lipinski definition) is 5. The Labute approximate surface area is 133 Å². The number of amides is 1. The number of aliphatic hydroxyl groups excluding tert-OH is 1. The number of aromatic nitrogens is 2. The summed E-state index contributed by atoms with van der Waals surface area (Å²) in [7, 11) is 0. The number of aliphatic hydroxyl groups is 1. The molecule has 22 heavy (non-hydrogen) atoms. The van der Waals surface area contributed by atoms with Crippen molar-refractivity contribution in [3.8, 4) is 0 Å². The lowest BCUT2D eigenvalue weighted by Crippen LogP contribution is -2.29. The van der Waals surface area contributed by atoms with Crippen molar-refractivity contribution in [2.45, 2.75) is 25.4 Å². The van der Waals surface area contributed by atoms with Crippen LogP contribution in [-0.4, -0.2) is 45.1 Å². The minimum atomic E-state index is -0.480. The second kappa shape index (κ2) is 6.98. The first-order valence-electron chi connectivity index (χ1n) is 7.44. The Kier molecular flexibility index (Phi) is 4.80. The minimum Gasteiger partial charge on any atom is -0.391 e. The highest BCUT2D eigenvalue weighted by molar-refractivity contribution is 7.07. The van der Waals surface area contributed by atoms with Gasteiger partial charge >= 0.3 is 0 Å². The molecule has 0 aliphatic carbocycles. The number of nitrogens with zero attached hydrogens (tertiary/aromatic N) is 3. The molecule has 0 aromatic carbocycles. The van der Waals surface area contributed by atoms with Crippen molar-refractivity contribution < 1.29 is 9.90 Å². The van der Waals surface area contributed by atoms with Crippen molar-refractivity contribution in [1.29, 1.82) is 0 Å². The quantitative estimate of drug-likeness (QED) is 0.908. The normalized spacial score (nSPS) is 21.2. The largest absolute Gasteiger partial charge is 0.391 e. The highest BCUT2D eigenvalue weighted by Crippen LogP contribution is 2.21. The van der Waals surface area contributed by atoms with E-state index in [0.717, 1.165) is 12.1 Å². The van der Waals surface area contributed by atoms with Crippen LogP contribution in [0.15, 0.2) is 35.4 Å². The van der Waals surface area contributed by atoms with Gasteiger partial charge in [0.15, 0.2) is 0 Å². The number of β-amino-alcohol motifs (C(OH)–C–C–N with tert-alkyl or cyclic N) is 1. The molecule has 116 valence electrons. The summed E-state index contributed by atoms with van der Waals surface area (Å²) >= 11 is 1.65. The molecule has 0 unspecified atom stereocenters. The van der Waals surface area contributed by atoms with E-state index < -0.39 is 6.10 Å². The SMILES string of the molecule is O=C(CCc1ccsc1)N1C[C@@H](Cc2cnccn2)[C@H](O)C1. The van der Waals surface area contributed by atoms with Crippen molar-refractivity contribution in [2.75, 3.05) is 13.1 Å². The fourth-order valence-electron chi connectivity index (χ4n) is 2.81. The van der Waals surface area contributed by atoms with Crippen LogP contribution in [0.2, 0.25) is 0 Å². The van der Waals surface area contributed by atoms with Crippen LogP contribution in [-0.2, 0) is 17.6 Å². The Bertz CT molecular complexity index is 603. The highest BCUT2D eigenvalue weighted by Gasteiger charge is 2.33. The monoisotopic (exact) mass is 317 g/mol. The topological polar surface area (TPSA) is 66.3 Å². The van der Waals surface area contributed by atoms with Crippen LogP contribution in [0.3, 0.4) is 0 Å². The zero-order valence-electron chi connectivity index (χ0n) is 12.3. The van der Waals surface area contributed by atoms with Gasteiger partial charge < -0.3 is 10.0 Å². The molecule has 0 saturated carbocycles. The molecule has 2 aromatic heterocycles. The third-order valence-electron chi connectivity index (χ3n) is 4.05. The first kappa shape index (κ1) is 15.1. The first-order chi connectivity index (χ1) is 10.7. The predicted molar refractivity (Wildman–Crippen MR) is 84.5 cm³/mol. The molecule has 1 fully saturated rings. The van der Waals surface area contributed by atoms with Gasteiger partial charge in [-0.3, -0.25) is 14.8 Å². The van der Waals surface area contributed by atoms with Gasteiger partial charge in [0, 0.05) is 44.0 Å². The molecule has 1 aliphatic heterocycles. The third kappa shape index (κ3) is 3.69. The third-order valence-corrected chi connectivity index (χ3v) is 4.79. The Morgan fingerprint density at radius 2 is 2.32 bits per heavy atom. The van der Waals surface area contributed by atoms with Crippen molar-refractivity contribution in [1.82, 2.24) is 14.9 Å². The van der Waals surface area contributed by atoms with Crippen molar-refractivity contribution in [3.63, 3.8) is 0 Å². The van der Waals surface area contributed by atoms with Crippen LogP contribution < -0.4 is 0 Å². The van der Waals surface area contributed by atoms with E-state index in [4.69, 9.17) is 0 Å². The number of likely N-dealkylation sites (tertiary alicyclic amines) is 1. The van der Waals surface area contributed by atoms with Crippen LogP contribution in [0.4, 0.5) is 0 Å². The van der Waals surface area contributed by atoms with E-state index in [-0.39, 0.29) is 11.8 Å². The fourth-order valence-corrected chi connectivity index (χ4v) is 3.51. The maximum absolute atomic E-state index is 12.3. The van der Waals surface area contributed by atoms with Crippen LogP contribution in [0.5, 0.6) is 0 Å². The van der Waals surface area contributed by atoms with Gasteiger partial charge in [-0.25, -0.2) is 0 Å². The molecule has 1 aliphatic rings. The lowest BCUT2D eigenvalue weighted by Gasteiger charge is -2.15.